The quantitative estimate of drug-likeness (QED) is 0.482. The van der Waals surface area contributed by atoms with Gasteiger partial charge < -0.3 is 14.8 Å². The predicted molar refractivity (Wildman–Crippen MR) is 115 cm³/mol. The fourth-order valence-corrected chi connectivity index (χ4v) is 3.39. The second-order valence-electron chi connectivity index (χ2n) is 6.70. The molecule has 0 aliphatic heterocycles. The Hall–Kier alpha value is -2.70. The van der Waals surface area contributed by atoms with Crippen LogP contribution in [0, 0.1) is 6.92 Å². The van der Waals surface area contributed by atoms with Crippen LogP contribution in [0.1, 0.15) is 46.1 Å². The van der Waals surface area contributed by atoms with E-state index in [0.29, 0.717) is 25.3 Å². The molecule has 3 aromatic rings. The first-order valence-corrected chi connectivity index (χ1v) is 10.6. The highest BCUT2D eigenvalue weighted by Crippen LogP contribution is 2.17. The molecule has 152 valence electrons. The number of hydrogen-bond donors (Lipinski definition) is 1. The van der Waals surface area contributed by atoms with Crippen LogP contribution >= 0.6 is 11.3 Å². The van der Waals surface area contributed by atoms with Crippen molar-refractivity contribution in [1.82, 2.24) is 10.3 Å². The highest BCUT2D eigenvalue weighted by atomic mass is 32.1. The van der Waals surface area contributed by atoms with Gasteiger partial charge in [-0.25, -0.2) is 4.98 Å². The molecular weight excluding hydrogens is 384 g/mol. The number of carbonyl (C=O) groups is 1. The van der Waals surface area contributed by atoms with E-state index in [0.717, 1.165) is 28.4 Å². The first-order chi connectivity index (χ1) is 14.1. The summed E-state index contributed by atoms with van der Waals surface area (Å²) in [5.74, 6) is 0.623. The number of benzene rings is 2. The van der Waals surface area contributed by atoms with E-state index in [9.17, 15) is 4.79 Å². The summed E-state index contributed by atoms with van der Waals surface area (Å²) in [5, 5.41) is 5.94. The largest absolute Gasteiger partial charge is 0.487 e. The maximum atomic E-state index is 12.3. The molecule has 0 fully saturated rings. The molecule has 2 aromatic carbocycles. The molecule has 0 radical (unpaired) electrons. The van der Waals surface area contributed by atoms with Crippen LogP contribution in [0.5, 0.6) is 5.75 Å². The molecule has 1 unspecified atom stereocenters. The Morgan fingerprint density at radius 1 is 1.14 bits per heavy atom. The Morgan fingerprint density at radius 2 is 1.90 bits per heavy atom. The second kappa shape index (κ2) is 10.7. The summed E-state index contributed by atoms with van der Waals surface area (Å²) in [7, 11) is 0. The molecule has 0 aliphatic carbocycles. The number of aromatic nitrogens is 1. The van der Waals surface area contributed by atoms with Gasteiger partial charge >= 0.3 is 0 Å². The van der Waals surface area contributed by atoms with Crippen molar-refractivity contribution in [3.05, 3.63) is 81.8 Å². The topological polar surface area (TPSA) is 60.5 Å². The maximum Gasteiger partial charge on any atom is 0.251 e. The lowest BCUT2D eigenvalue weighted by atomic mass is 10.1. The van der Waals surface area contributed by atoms with E-state index >= 15 is 0 Å². The molecule has 3 rings (SSSR count). The zero-order valence-corrected chi connectivity index (χ0v) is 17.6. The lowest BCUT2D eigenvalue weighted by Gasteiger charge is -2.13. The number of ether oxygens (including phenoxy) is 2. The number of rotatable bonds is 10. The van der Waals surface area contributed by atoms with Crippen molar-refractivity contribution >= 4 is 17.2 Å². The monoisotopic (exact) mass is 410 g/mol. The lowest BCUT2D eigenvalue weighted by molar-refractivity contribution is 0.0635. The van der Waals surface area contributed by atoms with E-state index in [4.69, 9.17) is 9.47 Å². The van der Waals surface area contributed by atoms with Crippen molar-refractivity contribution in [1.29, 1.82) is 0 Å². The zero-order chi connectivity index (χ0) is 20.5. The summed E-state index contributed by atoms with van der Waals surface area (Å²) in [6, 6.07) is 17.3. The number of nitrogens with zero attached hydrogens (tertiary/aromatic N) is 1. The van der Waals surface area contributed by atoms with Gasteiger partial charge in [0, 0.05) is 24.1 Å². The van der Waals surface area contributed by atoms with Crippen LogP contribution in [0.3, 0.4) is 0 Å². The van der Waals surface area contributed by atoms with Crippen molar-refractivity contribution in [2.45, 2.75) is 33.0 Å². The summed E-state index contributed by atoms with van der Waals surface area (Å²) in [6.45, 7) is 5.60. The van der Waals surface area contributed by atoms with E-state index in [1.807, 2.05) is 37.4 Å². The Labute approximate surface area is 175 Å². The van der Waals surface area contributed by atoms with Crippen LogP contribution in [-0.2, 0) is 11.3 Å². The minimum Gasteiger partial charge on any atom is -0.487 e. The van der Waals surface area contributed by atoms with Crippen molar-refractivity contribution in [2.75, 3.05) is 13.2 Å². The highest BCUT2D eigenvalue weighted by molar-refractivity contribution is 7.09. The molecule has 0 saturated heterocycles. The van der Waals surface area contributed by atoms with Gasteiger partial charge in [0.25, 0.3) is 5.91 Å². The maximum absolute atomic E-state index is 12.3. The van der Waals surface area contributed by atoms with Crippen LogP contribution < -0.4 is 10.1 Å². The summed E-state index contributed by atoms with van der Waals surface area (Å²) in [6.07, 6.45) is 0.810. The van der Waals surface area contributed by atoms with E-state index in [1.54, 1.807) is 35.6 Å². The molecule has 1 amide bonds. The zero-order valence-electron chi connectivity index (χ0n) is 16.8. The van der Waals surface area contributed by atoms with Gasteiger partial charge in [0.15, 0.2) is 0 Å². The number of hydrogen-bond acceptors (Lipinski definition) is 5. The van der Waals surface area contributed by atoms with E-state index < -0.39 is 0 Å². The Balaban J connectivity index is 1.35. The molecule has 29 heavy (non-hydrogen) atoms. The average molecular weight is 411 g/mol. The Kier molecular flexibility index (Phi) is 7.78. The molecule has 1 N–H and O–H groups in total. The lowest BCUT2D eigenvalue weighted by Crippen LogP contribution is -2.25. The second-order valence-corrected chi connectivity index (χ2v) is 7.77. The minimum absolute atomic E-state index is 0.0487. The minimum atomic E-state index is -0.0946. The van der Waals surface area contributed by atoms with Gasteiger partial charge in [-0.1, -0.05) is 30.3 Å². The van der Waals surface area contributed by atoms with Gasteiger partial charge in [-0.15, -0.1) is 11.3 Å². The first kappa shape index (κ1) is 21.0. The van der Waals surface area contributed by atoms with Crippen LogP contribution in [0.4, 0.5) is 0 Å². The van der Waals surface area contributed by atoms with Crippen molar-refractivity contribution in [3.8, 4) is 5.75 Å². The number of aryl methyl sites for hydroxylation is 1. The third-order valence-corrected chi connectivity index (χ3v) is 5.24. The third-order valence-electron chi connectivity index (χ3n) is 4.41. The fraction of sp³-hybridized carbons (Fsp3) is 0.304. The highest BCUT2D eigenvalue weighted by Gasteiger charge is 2.07. The van der Waals surface area contributed by atoms with Gasteiger partial charge in [0.1, 0.15) is 12.4 Å². The van der Waals surface area contributed by atoms with Crippen LogP contribution in [0.25, 0.3) is 0 Å². The normalized spacial score (nSPS) is 11.8. The summed E-state index contributed by atoms with van der Waals surface area (Å²) < 4.78 is 11.5. The predicted octanol–water partition coefficient (Wildman–Crippen LogP) is 4.93. The van der Waals surface area contributed by atoms with E-state index in [2.05, 4.69) is 22.4 Å². The van der Waals surface area contributed by atoms with Crippen molar-refractivity contribution in [2.24, 2.45) is 0 Å². The first-order valence-electron chi connectivity index (χ1n) is 9.70. The van der Waals surface area contributed by atoms with Gasteiger partial charge in [0.05, 0.1) is 16.8 Å². The molecule has 0 aliphatic rings. The SMILES string of the molecule is Cc1nc(COc2ccc(C(=O)NCCCOC(C)c3ccccc3)cc2)cs1. The Morgan fingerprint density at radius 3 is 2.59 bits per heavy atom. The molecule has 5 nitrogen and oxygen atoms in total. The Bertz CT molecular complexity index is 894. The number of thiazole rings is 1. The average Bonchev–Trinajstić information content (AvgIpc) is 3.18. The smallest absolute Gasteiger partial charge is 0.251 e. The van der Waals surface area contributed by atoms with Gasteiger partial charge in [-0.2, -0.15) is 0 Å². The summed E-state index contributed by atoms with van der Waals surface area (Å²) in [5.41, 5.74) is 2.68. The summed E-state index contributed by atoms with van der Waals surface area (Å²) in [4.78, 5) is 16.6. The molecule has 1 heterocycles. The van der Waals surface area contributed by atoms with Gasteiger partial charge in [-0.05, 0) is 50.1 Å². The van der Waals surface area contributed by atoms with E-state index in [1.165, 1.54) is 0 Å². The van der Waals surface area contributed by atoms with Gasteiger partial charge in [0.2, 0.25) is 0 Å². The fourth-order valence-electron chi connectivity index (χ4n) is 2.79. The molecular formula is C23H26N2O3S. The van der Waals surface area contributed by atoms with Crippen LogP contribution in [0.2, 0.25) is 0 Å². The molecule has 1 aromatic heterocycles. The van der Waals surface area contributed by atoms with Crippen molar-refractivity contribution < 1.29 is 14.3 Å². The van der Waals surface area contributed by atoms with E-state index in [-0.39, 0.29) is 12.0 Å². The molecule has 0 spiro atoms. The molecule has 0 bridgehead atoms. The van der Waals surface area contributed by atoms with Crippen LogP contribution in [0.15, 0.2) is 60.0 Å². The number of amides is 1. The summed E-state index contributed by atoms with van der Waals surface area (Å²) >= 11 is 1.60. The third kappa shape index (κ3) is 6.69. The number of nitrogens with one attached hydrogen (secondary N) is 1. The molecule has 0 saturated carbocycles. The standard InChI is InChI=1S/C23H26N2O3S/c1-17(19-7-4-3-5-8-19)27-14-6-13-24-23(26)20-9-11-22(12-10-20)28-15-21-16-29-18(2)25-21/h3-5,7-12,16-17H,6,13-15H2,1-2H3,(H,24,26). The van der Waals surface area contributed by atoms with Gasteiger partial charge in [-0.3, -0.25) is 4.79 Å². The molecule has 1 atom stereocenters. The van der Waals surface area contributed by atoms with Crippen molar-refractivity contribution in [3.63, 3.8) is 0 Å². The molecule has 6 heteroatoms. The number of carbonyl (C=O) groups excluding carboxylic acids is 1. The van der Waals surface area contributed by atoms with Crippen LogP contribution in [-0.4, -0.2) is 24.0 Å².